The fourth-order valence-corrected chi connectivity index (χ4v) is 0.690. The van der Waals surface area contributed by atoms with Crippen LogP contribution in [-0.4, -0.2) is 60.6 Å². The molecule has 0 rings (SSSR count). The summed E-state index contributed by atoms with van der Waals surface area (Å²) in [5.74, 6) is 0. The molecule has 0 aromatic rings. The van der Waals surface area contributed by atoms with Crippen molar-refractivity contribution in [3.63, 3.8) is 0 Å². The van der Waals surface area contributed by atoms with Gasteiger partial charge in [0.05, 0.1) is 27.7 Å². The summed E-state index contributed by atoms with van der Waals surface area (Å²) in [4.78, 5) is 0. The fraction of sp³-hybridized carbons (Fsp3) is 1.00. The van der Waals surface area contributed by atoms with E-state index in [1.807, 2.05) is 21.1 Å². The van der Waals surface area contributed by atoms with Gasteiger partial charge >= 0.3 is 0 Å². The maximum Gasteiger partial charge on any atom is 0.126 e. The summed E-state index contributed by atoms with van der Waals surface area (Å²) in [6.07, 6.45) is -0.579. The summed E-state index contributed by atoms with van der Waals surface area (Å²) in [7, 11) is 5.91. The second kappa shape index (κ2) is 4.62. The standard InChI is InChI=1S/C6H16NO2.H2O/c1-7(2,3)4-6(9)5-8;/h6,8-9H,4-5H2,1-3H3;1H2/q+1;/p-1. The first-order valence-corrected chi connectivity index (χ1v) is 3.05. The van der Waals surface area contributed by atoms with Gasteiger partial charge in [-0.2, -0.15) is 0 Å². The first kappa shape index (κ1) is 12.5. The van der Waals surface area contributed by atoms with Gasteiger partial charge in [0, 0.05) is 0 Å². The lowest BCUT2D eigenvalue weighted by Gasteiger charge is -2.25. The van der Waals surface area contributed by atoms with E-state index < -0.39 is 6.10 Å². The Bertz CT molecular complexity index is 79.6. The molecule has 0 aromatic carbocycles. The monoisotopic (exact) mass is 151 g/mol. The molecule has 0 aliphatic rings. The number of aliphatic hydroxyl groups is 2. The van der Waals surface area contributed by atoms with Crippen molar-refractivity contribution in [2.24, 2.45) is 0 Å². The molecule has 0 aromatic heterocycles. The third-order valence-corrected chi connectivity index (χ3v) is 0.969. The predicted molar refractivity (Wildman–Crippen MR) is 37.9 cm³/mol. The molecule has 1 atom stereocenters. The molecule has 1 unspecified atom stereocenters. The largest absolute Gasteiger partial charge is 0.870 e. The summed E-state index contributed by atoms with van der Waals surface area (Å²) in [5.41, 5.74) is 0. The van der Waals surface area contributed by atoms with E-state index in [2.05, 4.69) is 0 Å². The summed E-state index contributed by atoms with van der Waals surface area (Å²) < 4.78 is 0.682. The van der Waals surface area contributed by atoms with Gasteiger partial charge in [-0.15, -0.1) is 0 Å². The molecule has 64 valence electrons. The molecular formula is C6H17NO3. The molecule has 4 heteroatoms. The van der Waals surface area contributed by atoms with Crippen LogP contribution in [0, 0.1) is 0 Å². The van der Waals surface area contributed by atoms with Gasteiger partial charge in [0.25, 0.3) is 0 Å². The topological polar surface area (TPSA) is 70.5 Å². The van der Waals surface area contributed by atoms with Gasteiger partial charge in [0.15, 0.2) is 0 Å². The molecule has 3 N–H and O–H groups in total. The molecule has 0 saturated heterocycles. The van der Waals surface area contributed by atoms with E-state index in [4.69, 9.17) is 10.2 Å². The number of hydrogen-bond acceptors (Lipinski definition) is 3. The van der Waals surface area contributed by atoms with E-state index in [-0.39, 0.29) is 12.1 Å². The Balaban J connectivity index is 0. The third-order valence-electron chi connectivity index (χ3n) is 0.969. The molecule has 4 nitrogen and oxygen atoms in total. The molecule has 0 spiro atoms. The van der Waals surface area contributed by atoms with E-state index in [1.54, 1.807) is 0 Å². The number of rotatable bonds is 3. The number of hydrogen-bond donors (Lipinski definition) is 2. The lowest BCUT2D eigenvalue weighted by molar-refractivity contribution is -0.873. The van der Waals surface area contributed by atoms with Crippen molar-refractivity contribution in [1.29, 1.82) is 0 Å². The SMILES string of the molecule is C[N+](C)(C)CC(O)CO.[OH-]. The minimum atomic E-state index is -0.579. The Kier molecular flexibility index (Phi) is 5.78. The van der Waals surface area contributed by atoms with Crippen molar-refractivity contribution >= 4 is 0 Å². The van der Waals surface area contributed by atoms with Crippen molar-refractivity contribution < 1.29 is 20.2 Å². The van der Waals surface area contributed by atoms with Gasteiger partial charge in [-0.3, -0.25) is 0 Å². The number of quaternary nitrogens is 1. The molecule has 0 aliphatic heterocycles. The normalized spacial score (nSPS) is 14.1. The zero-order valence-corrected chi connectivity index (χ0v) is 6.78. The quantitative estimate of drug-likeness (QED) is 0.501. The molecule has 0 amide bonds. The Morgan fingerprint density at radius 2 is 1.70 bits per heavy atom. The minimum Gasteiger partial charge on any atom is -0.870 e. The van der Waals surface area contributed by atoms with Gasteiger partial charge in [-0.1, -0.05) is 0 Å². The Hall–Kier alpha value is -0.160. The van der Waals surface area contributed by atoms with Crippen LogP contribution >= 0.6 is 0 Å². The van der Waals surface area contributed by atoms with Crippen LogP contribution in [-0.2, 0) is 0 Å². The predicted octanol–water partition coefficient (Wildman–Crippen LogP) is -1.13. The van der Waals surface area contributed by atoms with E-state index in [0.29, 0.717) is 11.0 Å². The van der Waals surface area contributed by atoms with E-state index in [9.17, 15) is 0 Å². The highest BCUT2D eigenvalue weighted by Gasteiger charge is 2.13. The lowest BCUT2D eigenvalue weighted by atomic mass is 10.3. The van der Waals surface area contributed by atoms with Crippen LogP contribution in [0.4, 0.5) is 0 Å². The van der Waals surface area contributed by atoms with Crippen molar-refractivity contribution in [3.05, 3.63) is 0 Å². The first-order chi connectivity index (χ1) is 3.95. The maximum atomic E-state index is 8.93. The highest BCUT2D eigenvalue weighted by Crippen LogP contribution is 1.92. The molecule has 0 fully saturated rings. The van der Waals surface area contributed by atoms with Gasteiger partial charge < -0.3 is 20.2 Å². The highest BCUT2D eigenvalue weighted by atomic mass is 16.3. The van der Waals surface area contributed by atoms with Crippen molar-refractivity contribution in [3.8, 4) is 0 Å². The van der Waals surface area contributed by atoms with Crippen LogP contribution < -0.4 is 0 Å². The molecular weight excluding hydrogens is 134 g/mol. The molecule has 10 heavy (non-hydrogen) atoms. The van der Waals surface area contributed by atoms with Crippen LogP contribution in [0.5, 0.6) is 0 Å². The Morgan fingerprint density at radius 1 is 1.30 bits per heavy atom. The molecule has 0 heterocycles. The van der Waals surface area contributed by atoms with Gasteiger partial charge in [-0.25, -0.2) is 0 Å². The van der Waals surface area contributed by atoms with Crippen LogP contribution in [0.2, 0.25) is 0 Å². The second-order valence-corrected chi connectivity index (χ2v) is 3.31. The van der Waals surface area contributed by atoms with E-state index in [1.165, 1.54) is 0 Å². The fourth-order valence-electron chi connectivity index (χ4n) is 0.690. The lowest BCUT2D eigenvalue weighted by Crippen LogP contribution is -2.42. The van der Waals surface area contributed by atoms with Crippen LogP contribution in [0.15, 0.2) is 0 Å². The zero-order chi connectivity index (χ0) is 7.49. The average Bonchev–Trinajstić information content (AvgIpc) is 1.62. The van der Waals surface area contributed by atoms with Crippen molar-refractivity contribution in [2.45, 2.75) is 6.10 Å². The summed E-state index contributed by atoms with van der Waals surface area (Å²) in [5, 5.41) is 17.4. The average molecular weight is 151 g/mol. The van der Waals surface area contributed by atoms with Gasteiger partial charge in [0.2, 0.25) is 0 Å². The molecule has 0 bridgehead atoms. The highest BCUT2D eigenvalue weighted by molar-refractivity contribution is 4.47. The summed E-state index contributed by atoms with van der Waals surface area (Å²) in [6.45, 7) is 0.450. The maximum absolute atomic E-state index is 8.93. The smallest absolute Gasteiger partial charge is 0.126 e. The van der Waals surface area contributed by atoms with Crippen LogP contribution in [0.25, 0.3) is 0 Å². The van der Waals surface area contributed by atoms with E-state index in [0.717, 1.165) is 0 Å². The molecule has 0 radical (unpaired) electrons. The first-order valence-electron chi connectivity index (χ1n) is 3.05. The second-order valence-electron chi connectivity index (χ2n) is 3.31. The van der Waals surface area contributed by atoms with E-state index >= 15 is 0 Å². The number of aliphatic hydroxyl groups excluding tert-OH is 2. The summed E-state index contributed by atoms with van der Waals surface area (Å²) >= 11 is 0. The minimum absolute atomic E-state index is 0. The molecule has 0 aliphatic carbocycles. The Morgan fingerprint density at radius 3 is 1.80 bits per heavy atom. The summed E-state index contributed by atoms with van der Waals surface area (Å²) in [6, 6.07) is 0. The van der Waals surface area contributed by atoms with Crippen molar-refractivity contribution in [1.82, 2.24) is 0 Å². The zero-order valence-electron chi connectivity index (χ0n) is 6.78. The number of likely N-dealkylation sites (N-methyl/N-ethyl adjacent to an activating group) is 1. The Labute approximate surface area is 61.6 Å². The van der Waals surface area contributed by atoms with Gasteiger partial charge in [-0.05, 0) is 0 Å². The van der Waals surface area contributed by atoms with Crippen LogP contribution in [0.1, 0.15) is 0 Å². The number of nitrogens with zero attached hydrogens (tertiary/aromatic N) is 1. The van der Waals surface area contributed by atoms with Crippen LogP contribution in [0.3, 0.4) is 0 Å². The van der Waals surface area contributed by atoms with Gasteiger partial charge in [0.1, 0.15) is 12.6 Å². The third kappa shape index (κ3) is 7.84. The molecule has 0 saturated carbocycles. The van der Waals surface area contributed by atoms with Crippen molar-refractivity contribution in [2.75, 3.05) is 34.3 Å².